The molecule has 136 valence electrons. The highest BCUT2D eigenvalue weighted by molar-refractivity contribution is 5.91. The van der Waals surface area contributed by atoms with E-state index < -0.39 is 0 Å². The third-order valence-corrected chi connectivity index (χ3v) is 5.07. The summed E-state index contributed by atoms with van der Waals surface area (Å²) < 4.78 is 0. The van der Waals surface area contributed by atoms with Gasteiger partial charge in [0.15, 0.2) is 0 Å². The highest BCUT2D eigenvalue weighted by Crippen LogP contribution is 2.20. The lowest BCUT2D eigenvalue weighted by Gasteiger charge is -2.29. The van der Waals surface area contributed by atoms with E-state index in [0.29, 0.717) is 19.5 Å². The van der Waals surface area contributed by atoms with Crippen LogP contribution in [-0.2, 0) is 11.3 Å². The second kappa shape index (κ2) is 8.34. The molecule has 0 bridgehead atoms. The number of likely N-dealkylation sites (tertiary alicyclic amines) is 1. The molecule has 1 aromatic rings. The van der Waals surface area contributed by atoms with Gasteiger partial charge in [0.25, 0.3) is 0 Å². The third kappa shape index (κ3) is 4.72. The van der Waals surface area contributed by atoms with Gasteiger partial charge in [-0.3, -0.25) is 9.69 Å². The zero-order valence-corrected chi connectivity index (χ0v) is 15.0. The first-order valence-electron chi connectivity index (χ1n) is 9.28. The fourth-order valence-corrected chi connectivity index (χ4v) is 3.53. The summed E-state index contributed by atoms with van der Waals surface area (Å²) in [4.78, 5) is 28.5. The van der Waals surface area contributed by atoms with Crippen LogP contribution >= 0.6 is 0 Å². The van der Waals surface area contributed by atoms with Gasteiger partial charge in [0.05, 0.1) is 0 Å². The molecule has 6 heteroatoms. The molecule has 2 heterocycles. The standard InChI is InChI=1S/C19H28N4O2/c1-15-13-20-18(24)9-12-23(15)19(25)21-17-8-4-3-7-16(17)14-22-10-5-2-6-11-22/h3-4,7-8,15H,2,5-6,9-14H2,1H3,(H,20,24)(H,21,25). The van der Waals surface area contributed by atoms with Crippen molar-refractivity contribution < 1.29 is 9.59 Å². The van der Waals surface area contributed by atoms with E-state index in [9.17, 15) is 9.59 Å². The number of hydrogen-bond donors (Lipinski definition) is 2. The van der Waals surface area contributed by atoms with Gasteiger partial charge in [-0.25, -0.2) is 4.79 Å². The van der Waals surface area contributed by atoms with E-state index in [2.05, 4.69) is 21.6 Å². The molecular formula is C19H28N4O2. The summed E-state index contributed by atoms with van der Waals surface area (Å²) in [6, 6.07) is 7.87. The molecule has 25 heavy (non-hydrogen) atoms. The number of urea groups is 1. The van der Waals surface area contributed by atoms with Crippen LogP contribution < -0.4 is 10.6 Å². The Labute approximate surface area is 149 Å². The Morgan fingerprint density at radius 1 is 1.20 bits per heavy atom. The maximum Gasteiger partial charge on any atom is 0.322 e. The van der Waals surface area contributed by atoms with Crippen LogP contribution in [0.2, 0.25) is 0 Å². The minimum absolute atomic E-state index is 0.00708. The first-order valence-corrected chi connectivity index (χ1v) is 9.28. The summed E-state index contributed by atoms with van der Waals surface area (Å²) in [5, 5.41) is 5.91. The Hall–Kier alpha value is -2.08. The molecular weight excluding hydrogens is 316 g/mol. The monoisotopic (exact) mass is 344 g/mol. The number of benzene rings is 1. The number of nitrogens with one attached hydrogen (secondary N) is 2. The van der Waals surface area contributed by atoms with E-state index in [1.54, 1.807) is 4.90 Å². The first kappa shape index (κ1) is 17.7. The van der Waals surface area contributed by atoms with Crippen LogP contribution in [0.5, 0.6) is 0 Å². The van der Waals surface area contributed by atoms with Crippen LogP contribution in [0.15, 0.2) is 24.3 Å². The Bertz CT molecular complexity index is 613. The molecule has 2 fully saturated rings. The van der Waals surface area contributed by atoms with E-state index in [-0.39, 0.29) is 18.0 Å². The molecule has 2 saturated heterocycles. The Morgan fingerprint density at radius 3 is 2.76 bits per heavy atom. The van der Waals surface area contributed by atoms with Crippen molar-refractivity contribution in [2.24, 2.45) is 0 Å². The predicted molar refractivity (Wildman–Crippen MR) is 98.4 cm³/mol. The number of nitrogens with zero attached hydrogens (tertiary/aromatic N) is 2. The van der Waals surface area contributed by atoms with Gasteiger partial charge in [-0.15, -0.1) is 0 Å². The van der Waals surface area contributed by atoms with Gasteiger partial charge < -0.3 is 15.5 Å². The molecule has 0 saturated carbocycles. The Balaban J connectivity index is 1.67. The highest BCUT2D eigenvalue weighted by Gasteiger charge is 2.25. The number of hydrogen-bond acceptors (Lipinski definition) is 3. The van der Waals surface area contributed by atoms with Gasteiger partial charge >= 0.3 is 6.03 Å². The molecule has 1 unspecified atom stereocenters. The molecule has 1 atom stereocenters. The maximum atomic E-state index is 12.7. The maximum absolute atomic E-state index is 12.7. The lowest BCUT2D eigenvalue weighted by molar-refractivity contribution is -0.120. The fraction of sp³-hybridized carbons (Fsp3) is 0.579. The van der Waals surface area contributed by atoms with Crippen LogP contribution in [-0.4, -0.2) is 54.0 Å². The number of rotatable bonds is 3. The number of piperidine rings is 1. The topological polar surface area (TPSA) is 64.7 Å². The molecule has 0 radical (unpaired) electrons. The second-order valence-corrected chi connectivity index (χ2v) is 7.02. The molecule has 6 nitrogen and oxygen atoms in total. The molecule has 0 aliphatic carbocycles. The number of carbonyl (C=O) groups excluding carboxylic acids is 2. The van der Waals surface area contributed by atoms with Crippen molar-refractivity contribution in [3.63, 3.8) is 0 Å². The minimum atomic E-state index is -0.130. The zero-order valence-electron chi connectivity index (χ0n) is 15.0. The molecule has 1 aromatic carbocycles. The lowest BCUT2D eigenvalue weighted by Crippen LogP contribution is -2.44. The van der Waals surface area contributed by atoms with Crippen LogP contribution in [0.25, 0.3) is 0 Å². The van der Waals surface area contributed by atoms with E-state index in [1.807, 2.05) is 25.1 Å². The summed E-state index contributed by atoms with van der Waals surface area (Å²) in [5.74, 6) is 0.00708. The van der Waals surface area contributed by atoms with Crippen LogP contribution in [0.4, 0.5) is 10.5 Å². The SMILES string of the molecule is CC1CNC(=O)CCN1C(=O)Nc1ccccc1CN1CCCCC1. The normalized spacial score (nSPS) is 22.2. The molecule has 2 aliphatic rings. The Morgan fingerprint density at radius 2 is 1.96 bits per heavy atom. The van der Waals surface area contributed by atoms with Gasteiger partial charge in [0.1, 0.15) is 0 Å². The van der Waals surface area contributed by atoms with Gasteiger partial charge in [-0.05, 0) is 44.5 Å². The largest absolute Gasteiger partial charge is 0.354 e. The highest BCUT2D eigenvalue weighted by atomic mass is 16.2. The number of para-hydroxylation sites is 1. The number of anilines is 1. The zero-order chi connectivity index (χ0) is 17.6. The van der Waals surface area contributed by atoms with E-state index in [0.717, 1.165) is 30.9 Å². The molecule has 3 amide bonds. The molecule has 3 rings (SSSR count). The van der Waals surface area contributed by atoms with Crippen molar-refractivity contribution in [3.8, 4) is 0 Å². The summed E-state index contributed by atoms with van der Waals surface area (Å²) >= 11 is 0. The van der Waals surface area contributed by atoms with Crippen molar-refractivity contribution in [1.29, 1.82) is 0 Å². The van der Waals surface area contributed by atoms with Crippen molar-refractivity contribution in [3.05, 3.63) is 29.8 Å². The summed E-state index contributed by atoms with van der Waals surface area (Å²) in [6.07, 6.45) is 4.17. The van der Waals surface area contributed by atoms with Crippen molar-refractivity contribution in [2.75, 3.05) is 31.5 Å². The minimum Gasteiger partial charge on any atom is -0.354 e. The van der Waals surface area contributed by atoms with Crippen LogP contribution in [0, 0.1) is 0 Å². The average Bonchev–Trinajstić information content (AvgIpc) is 2.79. The van der Waals surface area contributed by atoms with Crippen molar-refractivity contribution >= 4 is 17.6 Å². The number of carbonyl (C=O) groups is 2. The fourth-order valence-electron chi connectivity index (χ4n) is 3.53. The van der Waals surface area contributed by atoms with E-state index >= 15 is 0 Å². The molecule has 2 N–H and O–H groups in total. The number of amides is 3. The quantitative estimate of drug-likeness (QED) is 0.885. The third-order valence-electron chi connectivity index (χ3n) is 5.07. The summed E-state index contributed by atoms with van der Waals surface area (Å²) in [6.45, 7) is 6.03. The lowest BCUT2D eigenvalue weighted by atomic mass is 10.1. The van der Waals surface area contributed by atoms with E-state index in [4.69, 9.17) is 0 Å². The second-order valence-electron chi connectivity index (χ2n) is 7.02. The molecule has 0 aromatic heterocycles. The summed E-state index contributed by atoms with van der Waals surface area (Å²) in [5.41, 5.74) is 2.02. The van der Waals surface area contributed by atoms with Gasteiger partial charge in [-0.2, -0.15) is 0 Å². The summed E-state index contributed by atoms with van der Waals surface area (Å²) in [7, 11) is 0. The van der Waals surface area contributed by atoms with Crippen molar-refractivity contribution in [1.82, 2.24) is 15.1 Å². The molecule has 0 spiro atoms. The van der Waals surface area contributed by atoms with Gasteiger partial charge in [-0.1, -0.05) is 24.6 Å². The van der Waals surface area contributed by atoms with Crippen LogP contribution in [0.1, 0.15) is 38.2 Å². The van der Waals surface area contributed by atoms with Gasteiger partial charge in [0, 0.05) is 37.8 Å². The van der Waals surface area contributed by atoms with Gasteiger partial charge in [0.2, 0.25) is 5.91 Å². The van der Waals surface area contributed by atoms with Crippen LogP contribution in [0.3, 0.4) is 0 Å². The smallest absolute Gasteiger partial charge is 0.322 e. The first-order chi connectivity index (χ1) is 12.1. The molecule has 2 aliphatic heterocycles. The van der Waals surface area contributed by atoms with Crippen molar-refractivity contribution in [2.45, 2.75) is 45.2 Å². The predicted octanol–water partition coefficient (Wildman–Crippen LogP) is 2.41. The Kier molecular flexibility index (Phi) is 5.91. The van der Waals surface area contributed by atoms with E-state index in [1.165, 1.54) is 19.3 Å². The average molecular weight is 344 g/mol.